The lowest BCUT2D eigenvalue weighted by molar-refractivity contribution is -0.418. The monoisotopic (exact) mass is 552 g/mol. The summed E-state index contributed by atoms with van der Waals surface area (Å²) < 4.78 is 0. The number of unbranched alkanes of at least 4 members (excludes halogenated alkanes) is 6. The van der Waals surface area contributed by atoms with Crippen LogP contribution in [0.4, 0.5) is 0 Å². The highest BCUT2D eigenvalue weighted by Crippen LogP contribution is 2.43. The summed E-state index contributed by atoms with van der Waals surface area (Å²) in [6.07, 6.45) is 14.6. The maximum absolute atomic E-state index is 12.8. The molecule has 1 fully saturated rings. The van der Waals surface area contributed by atoms with Crippen molar-refractivity contribution in [2.75, 3.05) is 0 Å². The molecule has 2 atom stereocenters. The van der Waals surface area contributed by atoms with Crippen LogP contribution in [0.25, 0.3) is 0 Å². The van der Waals surface area contributed by atoms with Gasteiger partial charge in [-0.1, -0.05) is 89.5 Å². The molecule has 0 saturated heterocycles. The van der Waals surface area contributed by atoms with E-state index < -0.39 is 23.1 Å². The minimum absolute atomic E-state index is 0.430. The van der Waals surface area contributed by atoms with Crippen LogP contribution in [-0.2, 0) is 32.4 Å². The molecule has 1 aliphatic carbocycles. The van der Waals surface area contributed by atoms with E-state index in [-0.39, 0.29) is 0 Å². The number of rotatable bonds is 16. The lowest BCUT2D eigenvalue weighted by atomic mass is 9.74. The third-order valence-electron chi connectivity index (χ3n) is 8.30. The second kappa shape index (κ2) is 15.9. The van der Waals surface area contributed by atoms with Gasteiger partial charge in [-0.3, -0.25) is 9.78 Å². The molecule has 40 heavy (non-hydrogen) atoms. The van der Waals surface area contributed by atoms with Crippen molar-refractivity contribution >= 4 is 11.9 Å². The molecule has 0 aliphatic heterocycles. The molecular formula is C34H48O6. The highest BCUT2D eigenvalue weighted by Gasteiger charge is 2.53. The molecule has 0 aromatic heterocycles. The summed E-state index contributed by atoms with van der Waals surface area (Å²) in [5.41, 5.74) is 1.31. The summed E-state index contributed by atoms with van der Waals surface area (Å²) in [5, 5.41) is 0. The minimum Gasteiger partial charge on any atom is -0.292 e. The van der Waals surface area contributed by atoms with E-state index in [1.54, 1.807) is 24.3 Å². The number of hydrogen-bond acceptors (Lipinski definition) is 6. The van der Waals surface area contributed by atoms with Crippen LogP contribution >= 0.6 is 0 Å². The smallest absolute Gasteiger partial charge is 0.292 e. The third kappa shape index (κ3) is 9.17. The van der Waals surface area contributed by atoms with E-state index in [9.17, 15) is 9.59 Å². The van der Waals surface area contributed by atoms with Crippen molar-refractivity contribution in [3.8, 4) is 0 Å². The van der Waals surface area contributed by atoms with E-state index in [1.165, 1.54) is 49.7 Å². The van der Waals surface area contributed by atoms with Gasteiger partial charge < -0.3 is 0 Å². The van der Waals surface area contributed by atoms with Crippen molar-refractivity contribution in [2.45, 2.75) is 129 Å². The molecule has 2 aromatic rings. The summed E-state index contributed by atoms with van der Waals surface area (Å²) in [7, 11) is 0. The minimum atomic E-state index is -0.983. The molecule has 0 spiro atoms. The van der Waals surface area contributed by atoms with Gasteiger partial charge in [0.1, 0.15) is 11.2 Å². The average Bonchev–Trinajstić information content (AvgIpc) is 2.97. The molecule has 0 radical (unpaired) electrons. The van der Waals surface area contributed by atoms with Gasteiger partial charge in [-0.2, -0.15) is 9.78 Å². The maximum atomic E-state index is 12.8. The molecule has 2 unspecified atom stereocenters. The molecule has 0 heterocycles. The van der Waals surface area contributed by atoms with Crippen molar-refractivity contribution in [1.82, 2.24) is 0 Å². The van der Waals surface area contributed by atoms with Crippen molar-refractivity contribution in [1.29, 1.82) is 0 Å². The van der Waals surface area contributed by atoms with Gasteiger partial charge in [-0.05, 0) is 87.8 Å². The lowest BCUT2D eigenvalue weighted by Gasteiger charge is -2.45. The third-order valence-corrected chi connectivity index (χ3v) is 8.30. The standard InChI is InChI=1S/C34H48O6/c1-5-7-9-11-15-27-17-21-29(22-18-27)31(35)37-39-33(3)25-13-14-26-34(33,4)40-38-32(36)30-23-19-28(20-24-30)16-12-10-8-6-2/h17-24H,5-16,25-26H2,1-4H3. The molecule has 6 nitrogen and oxygen atoms in total. The molecule has 0 amide bonds. The van der Waals surface area contributed by atoms with Gasteiger partial charge in [0.05, 0.1) is 11.1 Å². The maximum Gasteiger partial charge on any atom is 0.373 e. The Balaban J connectivity index is 1.52. The number of aryl methyl sites for hydroxylation is 2. The largest absolute Gasteiger partial charge is 0.373 e. The molecular weight excluding hydrogens is 504 g/mol. The molecule has 0 N–H and O–H groups in total. The highest BCUT2D eigenvalue weighted by molar-refractivity contribution is 5.89. The van der Waals surface area contributed by atoms with Crippen LogP contribution in [0.2, 0.25) is 0 Å². The first-order valence-electron chi connectivity index (χ1n) is 15.3. The van der Waals surface area contributed by atoms with Crippen LogP contribution < -0.4 is 0 Å². The summed E-state index contributed by atoms with van der Waals surface area (Å²) in [4.78, 5) is 47.7. The van der Waals surface area contributed by atoms with E-state index >= 15 is 0 Å². The quantitative estimate of drug-likeness (QED) is 0.118. The van der Waals surface area contributed by atoms with Gasteiger partial charge in [-0.15, -0.1) is 0 Å². The molecule has 3 rings (SSSR count). The first-order valence-corrected chi connectivity index (χ1v) is 15.3. The van der Waals surface area contributed by atoms with Crippen LogP contribution in [0, 0.1) is 0 Å². The van der Waals surface area contributed by atoms with E-state index in [0.29, 0.717) is 24.0 Å². The van der Waals surface area contributed by atoms with Gasteiger partial charge in [0.15, 0.2) is 0 Å². The second-order valence-electron chi connectivity index (χ2n) is 11.6. The van der Waals surface area contributed by atoms with Crippen LogP contribution in [0.3, 0.4) is 0 Å². The average molecular weight is 553 g/mol. The van der Waals surface area contributed by atoms with E-state index in [0.717, 1.165) is 38.5 Å². The molecule has 1 saturated carbocycles. The number of carbonyl (C=O) groups excluding carboxylic acids is 2. The van der Waals surface area contributed by atoms with Crippen molar-refractivity contribution in [3.63, 3.8) is 0 Å². The SMILES string of the molecule is CCCCCCc1ccc(C(=O)OOC2(C)CCCCC2(C)OOC(=O)c2ccc(CCCCCC)cc2)cc1. The first kappa shape index (κ1) is 31.8. The van der Waals surface area contributed by atoms with E-state index in [1.807, 2.05) is 38.1 Å². The predicted octanol–water partition coefficient (Wildman–Crippen LogP) is 8.90. The Hall–Kier alpha value is -2.70. The Bertz CT molecular complexity index is 962. The number of benzene rings is 2. The lowest BCUT2D eigenvalue weighted by Crippen LogP contribution is -2.56. The molecule has 1 aliphatic rings. The van der Waals surface area contributed by atoms with Gasteiger partial charge in [0, 0.05) is 0 Å². The zero-order valence-corrected chi connectivity index (χ0v) is 25.0. The van der Waals surface area contributed by atoms with Gasteiger partial charge in [0.2, 0.25) is 0 Å². The van der Waals surface area contributed by atoms with Gasteiger partial charge in [-0.25, -0.2) is 9.59 Å². The molecule has 0 bridgehead atoms. The second-order valence-corrected chi connectivity index (χ2v) is 11.6. The zero-order valence-electron chi connectivity index (χ0n) is 25.0. The molecule has 220 valence electrons. The zero-order chi connectivity index (χ0) is 28.8. The summed E-state index contributed by atoms with van der Waals surface area (Å²) in [6.45, 7) is 8.07. The van der Waals surface area contributed by atoms with E-state index in [4.69, 9.17) is 19.6 Å². The summed E-state index contributed by atoms with van der Waals surface area (Å²) in [5.74, 6) is -1.11. The van der Waals surface area contributed by atoms with E-state index in [2.05, 4.69) is 13.8 Å². The highest BCUT2D eigenvalue weighted by atomic mass is 17.2. The Morgan fingerprint density at radius 1 is 0.600 bits per heavy atom. The van der Waals surface area contributed by atoms with Crippen LogP contribution in [0.15, 0.2) is 48.5 Å². The predicted molar refractivity (Wildman–Crippen MR) is 157 cm³/mol. The fraction of sp³-hybridized carbons (Fsp3) is 0.588. The van der Waals surface area contributed by atoms with Crippen LogP contribution in [-0.4, -0.2) is 23.1 Å². The van der Waals surface area contributed by atoms with Crippen molar-refractivity contribution in [2.24, 2.45) is 0 Å². The topological polar surface area (TPSA) is 71.1 Å². The Kier molecular flexibility index (Phi) is 12.7. The Morgan fingerprint density at radius 2 is 0.975 bits per heavy atom. The van der Waals surface area contributed by atoms with Gasteiger partial charge in [0.25, 0.3) is 0 Å². The fourth-order valence-electron chi connectivity index (χ4n) is 5.20. The molecule has 2 aromatic carbocycles. The summed E-state index contributed by atoms with van der Waals surface area (Å²) >= 11 is 0. The van der Waals surface area contributed by atoms with Crippen LogP contribution in [0.1, 0.15) is 137 Å². The van der Waals surface area contributed by atoms with Crippen molar-refractivity contribution < 1.29 is 29.1 Å². The van der Waals surface area contributed by atoms with Gasteiger partial charge >= 0.3 is 11.9 Å². The Labute approximate surface area is 240 Å². The number of hydrogen-bond donors (Lipinski definition) is 0. The summed E-state index contributed by atoms with van der Waals surface area (Å²) in [6, 6.07) is 15.0. The van der Waals surface area contributed by atoms with Crippen molar-refractivity contribution in [3.05, 3.63) is 70.8 Å². The Morgan fingerprint density at radius 3 is 1.32 bits per heavy atom. The normalized spacial score (nSPS) is 20.7. The molecule has 6 heteroatoms. The number of carbonyl (C=O) groups is 2. The van der Waals surface area contributed by atoms with Crippen LogP contribution in [0.5, 0.6) is 0 Å². The first-order chi connectivity index (χ1) is 19.3. The fourth-order valence-corrected chi connectivity index (χ4v) is 5.20.